The van der Waals surface area contributed by atoms with E-state index in [1.54, 1.807) is 0 Å². The second kappa shape index (κ2) is 7.40. The van der Waals surface area contributed by atoms with Gasteiger partial charge >= 0.3 is 5.97 Å². The molecule has 0 radical (unpaired) electrons. The standard InChI is InChI=1S/C13H18O2S/c1-2-7-11-8-5-3-4-6-9-12(11)16-10-13(14)15/h3-6,8-10H2,1H3,(H,14,15)/b12-11+. The number of carboxylic acids is 1. The number of allylic oxidation sites excluding steroid dienone is 2. The zero-order chi connectivity index (χ0) is 11.8. The third-order valence-corrected chi connectivity index (χ3v) is 3.75. The molecule has 1 aliphatic rings. The van der Waals surface area contributed by atoms with E-state index in [0.29, 0.717) is 0 Å². The van der Waals surface area contributed by atoms with Crippen LogP contribution in [0.3, 0.4) is 0 Å². The van der Waals surface area contributed by atoms with Crippen molar-refractivity contribution in [2.45, 2.75) is 45.4 Å². The number of hydrogen-bond donors (Lipinski definition) is 1. The molecule has 0 aromatic carbocycles. The van der Waals surface area contributed by atoms with E-state index in [0.717, 1.165) is 19.3 Å². The molecule has 16 heavy (non-hydrogen) atoms. The normalized spacial score (nSPS) is 21.6. The summed E-state index contributed by atoms with van der Waals surface area (Å²) in [6.45, 7) is 1.84. The lowest BCUT2D eigenvalue weighted by Crippen LogP contribution is -2.01. The van der Waals surface area contributed by atoms with E-state index in [4.69, 9.17) is 5.11 Å². The third-order valence-electron chi connectivity index (χ3n) is 2.56. The summed E-state index contributed by atoms with van der Waals surface area (Å²) in [5, 5.41) is 8.71. The lowest BCUT2D eigenvalue weighted by Gasteiger charge is -2.13. The molecule has 0 heterocycles. The highest BCUT2D eigenvalue weighted by Gasteiger charge is 2.11. The topological polar surface area (TPSA) is 37.3 Å². The summed E-state index contributed by atoms with van der Waals surface area (Å²) in [5.74, 6) is 5.49. The Labute approximate surface area is 102 Å². The molecule has 2 nitrogen and oxygen atoms in total. The molecule has 0 aliphatic heterocycles. The van der Waals surface area contributed by atoms with Crippen LogP contribution in [0, 0.1) is 11.8 Å². The molecule has 88 valence electrons. The zero-order valence-corrected chi connectivity index (χ0v) is 10.5. The molecule has 0 spiro atoms. The highest BCUT2D eigenvalue weighted by molar-refractivity contribution is 8.03. The predicted octanol–water partition coefficient (Wildman–Crippen LogP) is 3.44. The summed E-state index contributed by atoms with van der Waals surface area (Å²) >= 11 is 1.45. The zero-order valence-electron chi connectivity index (χ0n) is 9.71. The van der Waals surface area contributed by atoms with Crippen LogP contribution in [0.5, 0.6) is 0 Å². The van der Waals surface area contributed by atoms with Crippen LogP contribution in [0.15, 0.2) is 10.5 Å². The van der Waals surface area contributed by atoms with Crippen LogP contribution in [-0.2, 0) is 4.79 Å². The van der Waals surface area contributed by atoms with Gasteiger partial charge < -0.3 is 5.11 Å². The first kappa shape index (κ1) is 13.2. The molecule has 0 aromatic heterocycles. The second-order valence-electron chi connectivity index (χ2n) is 3.87. The average Bonchev–Trinajstić information content (AvgIpc) is 2.21. The lowest BCUT2D eigenvalue weighted by atomic mass is 10.00. The van der Waals surface area contributed by atoms with Gasteiger partial charge in [-0.15, -0.1) is 17.7 Å². The van der Waals surface area contributed by atoms with Crippen LogP contribution in [0.2, 0.25) is 0 Å². The molecule has 0 amide bonds. The molecule has 0 saturated heterocycles. The Morgan fingerprint density at radius 3 is 2.62 bits per heavy atom. The average molecular weight is 238 g/mol. The van der Waals surface area contributed by atoms with E-state index in [1.165, 1.54) is 41.5 Å². The summed E-state index contributed by atoms with van der Waals surface area (Å²) in [5.41, 5.74) is 1.17. The van der Waals surface area contributed by atoms with Crippen molar-refractivity contribution in [2.24, 2.45) is 0 Å². The Bertz CT molecular complexity index is 334. The van der Waals surface area contributed by atoms with Crippen molar-refractivity contribution in [3.63, 3.8) is 0 Å². The minimum Gasteiger partial charge on any atom is -0.481 e. The molecule has 0 aromatic rings. The van der Waals surface area contributed by atoms with E-state index < -0.39 is 5.97 Å². The quantitative estimate of drug-likeness (QED) is 0.765. The third kappa shape index (κ3) is 4.76. The Morgan fingerprint density at radius 1 is 1.31 bits per heavy atom. The van der Waals surface area contributed by atoms with Gasteiger partial charge in [0.25, 0.3) is 0 Å². The fraction of sp³-hybridized carbons (Fsp3) is 0.615. The van der Waals surface area contributed by atoms with Gasteiger partial charge in [0, 0.05) is 5.57 Å². The monoisotopic (exact) mass is 238 g/mol. The predicted molar refractivity (Wildman–Crippen MR) is 68.3 cm³/mol. The van der Waals surface area contributed by atoms with Crippen molar-refractivity contribution >= 4 is 17.7 Å². The van der Waals surface area contributed by atoms with Crippen LogP contribution < -0.4 is 0 Å². The lowest BCUT2D eigenvalue weighted by molar-refractivity contribution is -0.133. The highest BCUT2D eigenvalue weighted by Crippen LogP contribution is 2.30. The van der Waals surface area contributed by atoms with E-state index in [1.807, 2.05) is 6.92 Å². The SMILES string of the molecule is CC#C/C1=C(\SCC(=O)O)CCCCCC1. The molecule has 0 saturated carbocycles. The number of thioether (sulfide) groups is 1. The van der Waals surface area contributed by atoms with E-state index >= 15 is 0 Å². The molecular formula is C13H18O2S. The van der Waals surface area contributed by atoms with E-state index in [9.17, 15) is 4.79 Å². The summed E-state index contributed by atoms with van der Waals surface area (Å²) in [6, 6.07) is 0. The minimum absolute atomic E-state index is 0.157. The van der Waals surface area contributed by atoms with Gasteiger partial charge in [-0.2, -0.15) is 0 Å². The first-order valence-corrected chi connectivity index (χ1v) is 6.72. The number of carboxylic acid groups (broad SMARTS) is 1. The molecule has 0 unspecified atom stereocenters. The van der Waals surface area contributed by atoms with Crippen molar-refractivity contribution in [3.8, 4) is 11.8 Å². The fourth-order valence-corrected chi connectivity index (χ4v) is 2.74. The highest BCUT2D eigenvalue weighted by atomic mass is 32.2. The van der Waals surface area contributed by atoms with Gasteiger partial charge in [-0.3, -0.25) is 4.79 Å². The van der Waals surface area contributed by atoms with Gasteiger partial charge in [0.05, 0.1) is 5.75 Å². The van der Waals surface area contributed by atoms with Crippen LogP contribution in [0.1, 0.15) is 45.4 Å². The second-order valence-corrected chi connectivity index (χ2v) is 4.94. The van der Waals surface area contributed by atoms with Crippen molar-refractivity contribution in [1.29, 1.82) is 0 Å². The van der Waals surface area contributed by atoms with Crippen molar-refractivity contribution in [1.82, 2.24) is 0 Å². The first-order valence-electron chi connectivity index (χ1n) is 5.73. The smallest absolute Gasteiger partial charge is 0.313 e. The van der Waals surface area contributed by atoms with Gasteiger partial charge in [0.1, 0.15) is 0 Å². The first-order chi connectivity index (χ1) is 7.74. The van der Waals surface area contributed by atoms with Crippen LogP contribution in [-0.4, -0.2) is 16.8 Å². The molecule has 0 atom stereocenters. The van der Waals surface area contributed by atoms with Crippen molar-refractivity contribution in [3.05, 3.63) is 10.5 Å². The number of aliphatic carboxylic acids is 1. The van der Waals surface area contributed by atoms with Gasteiger partial charge in [-0.1, -0.05) is 18.8 Å². The number of hydrogen-bond acceptors (Lipinski definition) is 2. The summed E-state index contributed by atoms with van der Waals surface area (Å²) in [7, 11) is 0. The van der Waals surface area contributed by atoms with Crippen molar-refractivity contribution < 1.29 is 9.90 Å². The number of rotatable bonds is 3. The summed E-state index contributed by atoms with van der Waals surface area (Å²) in [4.78, 5) is 11.8. The summed E-state index contributed by atoms with van der Waals surface area (Å²) in [6.07, 6.45) is 6.89. The fourth-order valence-electron chi connectivity index (χ4n) is 1.82. The van der Waals surface area contributed by atoms with Crippen molar-refractivity contribution in [2.75, 3.05) is 5.75 Å². The van der Waals surface area contributed by atoms with Crippen LogP contribution in [0.4, 0.5) is 0 Å². The van der Waals surface area contributed by atoms with E-state index in [-0.39, 0.29) is 5.75 Å². The molecule has 0 fully saturated rings. The van der Waals surface area contributed by atoms with E-state index in [2.05, 4.69) is 11.8 Å². The molecule has 1 aliphatic carbocycles. The van der Waals surface area contributed by atoms with Crippen LogP contribution >= 0.6 is 11.8 Å². The van der Waals surface area contributed by atoms with Gasteiger partial charge in [-0.25, -0.2) is 0 Å². The largest absolute Gasteiger partial charge is 0.481 e. The Kier molecular flexibility index (Phi) is 6.10. The molecule has 1 N–H and O–H groups in total. The maximum absolute atomic E-state index is 10.6. The minimum atomic E-state index is -0.747. The Hall–Kier alpha value is -0.880. The maximum Gasteiger partial charge on any atom is 0.313 e. The molecule has 0 bridgehead atoms. The number of carbonyl (C=O) groups is 1. The Morgan fingerprint density at radius 2 is 2.00 bits per heavy atom. The molecular weight excluding hydrogens is 220 g/mol. The maximum atomic E-state index is 10.6. The van der Waals surface area contributed by atoms with Crippen LogP contribution in [0.25, 0.3) is 0 Å². The molecule has 1 rings (SSSR count). The molecule has 3 heteroatoms. The van der Waals surface area contributed by atoms with Gasteiger partial charge in [-0.05, 0) is 37.5 Å². The van der Waals surface area contributed by atoms with Gasteiger partial charge in [0.15, 0.2) is 0 Å². The Balaban J connectivity index is 2.75. The summed E-state index contributed by atoms with van der Waals surface area (Å²) < 4.78 is 0. The van der Waals surface area contributed by atoms with Gasteiger partial charge in [0.2, 0.25) is 0 Å².